The van der Waals surface area contributed by atoms with E-state index >= 15 is 0 Å². The van der Waals surface area contributed by atoms with Gasteiger partial charge in [0.05, 0.1) is 11.0 Å². The highest BCUT2D eigenvalue weighted by Crippen LogP contribution is 2.38. The normalized spacial score (nSPS) is 11.9. The van der Waals surface area contributed by atoms with E-state index in [1.165, 1.54) is 53.9 Å². The van der Waals surface area contributed by atoms with Crippen molar-refractivity contribution in [3.05, 3.63) is 170 Å². The van der Waals surface area contributed by atoms with Gasteiger partial charge in [0.2, 0.25) is 5.95 Å². The Morgan fingerprint density at radius 2 is 0.706 bits per heavy atom. The number of para-hydroxylation sites is 2. The van der Waals surface area contributed by atoms with Gasteiger partial charge < -0.3 is 0 Å². The van der Waals surface area contributed by atoms with Gasteiger partial charge in [-0.05, 0) is 78.1 Å². The summed E-state index contributed by atoms with van der Waals surface area (Å²) in [6, 6.07) is 60.4. The summed E-state index contributed by atoms with van der Waals surface area (Å²) < 4.78 is 2.18. The summed E-state index contributed by atoms with van der Waals surface area (Å²) in [5.74, 6) is 1.86. The molecule has 0 atom stereocenters. The van der Waals surface area contributed by atoms with Crippen LogP contribution in [0.5, 0.6) is 0 Å². The van der Waals surface area contributed by atoms with Crippen molar-refractivity contribution in [1.29, 1.82) is 0 Å². The minimum atomic E-state index is 0.592. The quantitative estimate of drug-likeness (QED) is 0.179. The maximum atomic E-state index is 5.27. The van der Waals surface area contributed by atoms with E-state index in [1.54, 1.807) is 0 Å². The second-order valence-corrected chi connectivity index (χ2v) is 13.2. The maximum absolute atomic E-state index is 5.27. The van der Waals surface area contributed by atoms with Crippen LogP contribution < -0.4 is 0 Å². The molecular formula is C47H28N4. The number of hydrogen-bond donors (Lipinski definition) is 0. The molecule has 0 N–H and O–H groups in total. The van der Waals surface area contributed by atoms with Crippen molar-refractivity contribution in [2.45, 2.75) is 0 Å². The van der Waals surface area contributed by atoms with Crippen molar-refractivity contribution in [1.82, 2.24) is 19.5 Å². The van der Waals surface area contributed by atoms with Gasteiger partial charge in [-0.1, -0.05) is 146 Å². The van der Waals surface area contributed by atoms with Crippen LogP contribution in [0.4, 0.5) is 0 Å². The van der Waals surface area contributed by atoms with E-state index in [2.05, 4.69) is 174 Å². The maximum Gasteiger partial charge on any atom is 0.238 e. The van der Waals surface area contributed by atoms with Gasteiger partial charge >= 0.3 is 0 Å². The molecule has 0 bridgehead atoms. The van der Waals surface area contributed by atoms with Gasteiger partial charge in [-0.15, -0.1) is 0 Å². The molecule has 0 fully saturated rings. The molecular weight excluding hydrogens is 621 g/mol. The third-order valence-electron chi connectivity index (χ3n) is 10.4. The lowest BCUT2D eigenvalue weighted by atomic mass is 9.93. The molecule has 4 heteroatoms. The van der Waals surface area contributed by atoms with Crippen molar-refractivity contribution < 1.29 is 0 Å². The molecule has 51 heavy (non-hydrogen) atoms. The molecule has 0 amide bonds. The van der Waals surface area contributed by atoms with E-state index in [9.17, 15) is 0 Å². The number of nitrogens with zero attached hydrogens (tertiary/aromatic N) is 4. The molecule has 0 aliphatic heterocycles. The summed E-state index contributed by atoms with van der Waals surface area (Å²) in [7, 11) is 0. The lowest BCUT2D eigenvalue weighted by Gasteiger charge is -2.13. The molecule has 0 radical (unpaired) electrons. The first kappa shape index (κ1) is 28.0. The summed E-state index contributed by atoms with van der Waals surface area (Å²) in [5, 5.41) is 14.5. The minimum Gasteiger partial charge on any atom is -0.278 e. The minimum absolute atomic E-state index is 0.592. The van der Waals surface area contributed by atoms with Crippen LogP contribution in [0.25, 0.3) is 104 Å². The SMILES string of the molecule is c1ccc2c(c1)ccc1ccc(-c3nc(-c4ccc5c6ccccc6c6ccccc6c5c4)nc(-n4c5ccccc5c5ccccc54)n3)cc12. The predicted molar refractivity (Wildman–Crippen MR) is 213 cm³/mol. The van der Waals surface area contributed by atoms with Gasteiger partial charge in [0.15, 0.2) is 11.6 Å². The van der Waals surface area contributed by atoms with Crippen molar-refractivity contribution in [3.63, 3.8) is 0 Å². The Morgan fingerprint density at radius 1 is 0.294 bits per heavy atom. The molecule has 236 valence electrons. The number of benzene rings is 9. The Kier molecular flexibility index (Phi) is 5.92. The Balaban J connectivity index is 1.21. The highest BCUT2D eigenvalue weighted by atomic mass is 15.2. The lowest BCUT2D eigenvalue weighted by Crippen LogP contribution is -2.06. The van der Waals surface area contributed by atoms with Crippen molar-refractivity contribution in [3.8, 4) is 28.7 Å². The molecule has 11 rings (SSSR count). The average molecular weight is 649 g/mol. The zero-order valence-corrected chi connectivity index (χ0v) is 27.5. The standard InChI is InChI=1S/C47H28N4/c1-2-12-33-29(11-1)21-22-30-23-24-31(27-41(30)33)45-48-46(50-47(49-45)51-43-19-9-7-17-39(43)40-18-8-10-20-44(40)51)32-25-26-38-36-15-4-3-13-34(36)35-14-5-6-16-37(35)42(38)28-32/h1-28H. The highest BCUT2D eigenvalue weighted by molar-refractivity contribution is 6.25. The Bertz CT molecular complexity index is 3120. The van der Waals surface area contributed by atoms with E-state index in [0.717, 1.165) is 32.9 Å². The molecule has 9 aromatic carbocycles. The van der Waals surface area contributed by atoms with E-state index in [0.29, 0.717) is 17.6 Å². The topological polar surface area (TPSA) is 43.6 Å². The van der Waals surface area contributed by atoms with E-state index in [4.69, 9.17) is 15.0 Å². The zero-order valence-electron chi connectivity index (χ0n) is 27.5. The van der Waals surface area contributed by atoms with Gasteiger partial charge in [-0.3, -0.25) is 4.57 Å². The first-order valence-electron chi connectivity index (χ1n) is 17.3. The Morgan fingerprint density at radius 3 is 1.31 bits per heavy atom. The molecule has 0 saturated heterocycles. The molecule has 4 nitrogen and oxygen atoms in total. The van der Waals surface area contributed by atoms with Crippen LogP contribution in [-0.4, -0.2) is 19.5 Å². The van der Waals surface area contributed by atoms with Crippen molar-refractivity contribution in [2.24, 2.45) is 0 Å². The van der Waals surface area contributed by atoms with Crippen molar-refractivity contribution in [2.75, 3.05) is 0 Å². The van der Waals surface area contributed by atoms with Crippen LogP contribution in [0.1, 0.15) is 0 Å². The van der Waals surface area contributed by atoms with Crippen LogP contribution in [0.3, 0.4) is 0 Å². The van der Waals surface area contributed by atoms with Crippen LogP contribution in [0.15, 0.2) is 170 Å². The molecule has 11 aromatic rings. The third kappa shape index (κ3) is 4.23. The summed E-state index contributed by atoms with van der Waals surface area (Å²) >= 11 is 0. The monoisotopic (exact) mass is 648 g/mol. The first-order chi connectivity index (χ1) is 25.3. The fraction of sp³-hybridized carbons (Fsp3) is 0. The predicted octanol–water partition coefficient (Wildman–Crippen LogP) is 12.1. The molecule has 0 aliphatic carbocycles. The molecule has 0 spiro atoms. The van der Waals surface area contributed by atoms with Crippen molar-refractivity contribution >= 4 is 75.7 Å². The third-order valence-corrected chi connectivity index (χ3v) is 10.4. The smallest absolute Gasteiger partial charge is 0.238 e. The number of fused-ring (bicyclic) bond motifs is 12. The fourth-order valence-corrected chi connectivity index (χ4v) is 8.05. The van der Waals surface area contributed by atoms with Gasteiger partial charge in [0, 0.05) is 21.9 Å². The molecule has 0 saturated carbocycles. The highest BCUT2D eigenvalue weighted by Gasteiger charge is 2.19. The van der Waals surface area contributed by atoms with E-state index < -0.39 is 0 Å². The molecule has 2 aromatic heterocycles. The van der Waals surface area contributed by atoms with Gasteiger partial charge in [0.25, 0.3) is 0 Å². The van der Waals surface area contributed by atoms with Crippen LogP contribution in [0.2, 0.25) is 0 Å². The van der Waals surface area contributed by atoms with E-state index in [-0.39, 0.29) is 0 Å². The fourth-order valence-electron chi connectivity index (χ4n) is 8.05. The van der Waals surface area contributed by atoms with Gasteiger partial charge in [-0.2, -0.15) is 9.97 Å². The number of rotatable bonds is 3. The summed E-state index contributed by atoms with van der Waals surface area (Å²) in [6.45, 7) is 0. The Hall–Kier alpha value is -6.91. The molecule has 0 aliphatic rings. The summed E-state index contributed by atoms with van der Waals surface area (Å²) in [6.07, 6.45) is 0. The zero-order chi connectivity index (χ0) is 33.5. The Labute approximate surface area is 292 Å². The average Bonchev–Trinajstić information content (AvgIpc) is 3.55. The number of aromatic nitrogens is 4. The lowest BCUT2D eigenvalue weighted by molar-refractivity contribution is 0.954. The van der Waals surface area contributed by atoms with Crippen LogP contribution >= 0.6 is 0 Å². The van der Waals surface area contributed by atoms with Crippen LogP contribution in [0, 0.1) is 0 Å². The number of hydrogen-bond acceptors (Lipinski definition) is 3. The van der Waals surface area contributed by atoms with Crippen LogP contribution in [-0.2, 0) is 0 Å². The summed E-state index contributed by atoms with van der Waals surface area (Å²) in [4.78, 5) is 15.8. The first-order valence-corrected chi connectivity index (χ1v) is 17.3. The van der Waals surface area contributed by atoms with E-state index in [1.807, 2.05) is 0 Å². The van der Waals surface area contributed by atoms with Gasteiger partial charge in [-0.25, -0.2) is 4.98 Å². The molecule has 2 heterocycles. The largest absolute Gasteiger partial charge is 0.278 e. The second-order valence-electron chi connectivity index (χ2n) is 13.2. The second kappa shape index (κ2) is 10.8. The molecule has 0 unspecified atom stereocenters. The summed E-state index contributed by atoms with van der Waals surface area (Å²) in [5.41, 5.74) is 4.01. The van der Waals surface area contributed by atoms with Gasteiger partial charge in [0.1, 0.15) is 0 Å².